The minimum atomic E-state index is -1.03. The van der Waals surface area contributed by atoms with E-state index in [4.69, 9.17) is 5.11 Å². The third-order valence-corrected chi connectivity index (χ3v) is 3.50. The number of carboxylic acids is 1. The van der Waals surface area contributed by atoms with Crippen LogP contribution in [0.2, 0.25) is 0 Å². The Labute approximate surface area is 123 Å². The van der Waals surface area contributed by atoms with Crippen LogP contribution in [0.1, 0.15) is 16.1 Å². The second kappa shape index (κ2) is 4.72. The van der Waals surface area contributed by atoms with Gasteiger partial charge in [0.15, 0.2) is 5.65 Å². The van der Waals surface area contributed by atoms with Crippen LogP contribution < -0.4 is 0 Å². The molecule has 0 unspecified atom stereocenters. The van der Waals surface area contributed by atoms with Gasteiger partial charge in [-0.15, -0.1) is 0 Å². The van der Waals surface area contributed by atoms with Crippen molar-refractivity contribution in [2.75, 3.05) is 0 Å². The molecular formula is C14H10BrN3O2. The Morgan fingerprint density at radius 3 is 2.65 bits per heavy atom. The van der Waals surface area contributed by atoms with Gasteiger partial charge >= 0.3 is 5.97 Å². The van der Waals surface area contributed by atoms with E-state index in [2.05, 4.69) is 26.0 Å². The minimum absolute atomic E-state index is 0.104. The number of hydrogen-bond donors (Lipinski definition) is 1. The summed E-state index contributed by atoms with van der Waals surface area (Å²) in [5.74, 6) is -1.03. The first-order chi connectivity index (χ1) is 9.56. The van der Waals surface area contributed by atoms with Gasteiger partial charge in [-0.1, -0.05) is 28.1 Å². The lowest BCUT2D eigenvalue weighted by atomic mass is 10.1. The number of aromatic carboxylic acids is 1. The molecule has 0 spiro atoms. The maximum absolute atomic E-state index is 11.2. The van der Waals surface area contributed by atoms with Gasteiger partial charge in [-0.05, 0) is 25.1 Å². The number of aromatic nitrogens is 3. The average Bonchev–Trinajstić information content (AvgIpc) is 2.82. The lowest BCUT2D eigenvalue weighted by Gasteiger charge is -2.06. The summed E-state index contributed by atoms with van der Waals surface area (Å²) in [6.07, 6.45) is 1.33. The molecule has 100 valence electrons. The number of hydrogen-bond acceptors (Lipinski definition) is 3. The Bertz CT molecular complexity index is 809. The van der Waals surface area contributed by atoms with Gasteiger partial charge in [0.05, 0.1) is 11.9 Å². The molecule has 2 heterocycles. The van der Waals surface area contributed by atoms with E-state index in [1.54, 1.807) is 4.52 Å². The summed E-state index contributed by atoms with van der Waals surface area (Å²) in [6, 6.07) is 9.63. The smallest absolute Gasteiger partial charge is 0.341 e. The van der Waals surface area contributed by atoms with Crippen LogP contribution in [0.5, 0.6) is 0 Å². The fourth-order valence-electron chi connectivity index (χ4n) is 2.06. The number of aryl methyl sites for hydroxylation is 1. The van der Waals surface area contributed by atoms with Gasteiger partial charge in [-0.25, -0.2) is 14.3 Å². The van der Waals surface area contributed by atoms with Crippen molar-refractivity contribution in [2.24, 2.45) is 0 Å². The summed E-state index contributed by atoms with van der Waals surface area (Å²) in [5.41, 5.74) is 2.97. The molecule has 0 saturated heterocycles. The zero-order valence-electron chi connectivity index (χ0n) is 10.5. The molecule has 1 N–H and O–H groups in total. The van der Waals surface area contributed by atoms with Gasteiger partial charge < -0.3 is 5.11 Å². The molecule has 0 radical (unpaired) electrons. The summed E-state index contributed by atoms with van der Waals surface area (Å²) < 4.78 is 2.54. The fraction of sp³-hybridized carbons (Fsp3) is 0.0714. The van der Waals surface area contributed by atoms with Crippen molar-refractivity contribution in [3.63, 3.8) is 0 Å². The van der Waals surface area contributed by atoms with Gasteiger partial charge in [0.25, 0.3) is 0 Å². The normalized spacial score (nSPS) is 10.9. The van der Waals surface area contributed by atoms with E-state index in [-0.39, 0.29) is 5.56 Å². The summed E-state index contributed by atoms with van der Waals surface area (Å²) in [7, 11) is 0. The highest BCUT2D eigenvalue weighted by Crippen LogP contribution is 2.24. The third kappa shape index (κ3) is 2.08. The first-order valence-electron chi connectivity index (χ1n) is 5.91. The summed E-state index contributed by atoms with van der Waals surface area (Å²) in [4.78, 5) is 15.5. The lowest BCUT2D eigenvalue weighted by Crippen LogP contribution is -2.01. The van der Waals surface area contributed by atoms with Crippen molar-refractivity contribution in [3.8, 4) is 11.3 Å². The monoisotopic (exact) mass is 331 g/mol. The summed E-state index contributed by atoms with van der Waals surface area (Å²) >= 11 is 3.39. The van der Waals surface area contributed by atoms with Crippen LogP contribution in [0.4, 0.5) is 0 Å². The van der Waals surface area contributed by atoms with Gasteiger partial charge in [-0.2, -0.15) is 5.10 Å². The number of carboxylic acid groups (broad SMARTS) is 1. The van der Waals surface area contributed by atoms with Crippen molar-refractivity contribution in [2.45, 2.75) is 6.92 Å². The van der Waals surface area contributed by atoms with Crippen molar-refractivity contribution < 1.29 is 9.90 Å². The largest absolute Gasteiger partial charge is 0.477 e. The van der Waals surface area contributed by atoms with E-state index < -0.39 is 5.97 Å². The first-order valence-corrected chi connectivity index (χ1v) is 6.70. The predicted octanol–water partition coefficient (Wildman–Crippen LogP) is 3.17. The number of nitrogens with zero attached hydrogens (tertiary/aromatic N) is 3. The molecule has 0 aliphatic carbocycles. The van der Waals surface area contributed by atoms with Crippen molar-refractivity contribution in [1.29, 1.82) is 0 Å². The van der Waals surface area contributed by atoms with E-state index >= 15 is 0 Å². The topological polar surface area (TPSA) is 67.5 Å². The maximum Gasteiger partial charge on any atom is 0.341 e. The second-order valence-electron chi connectivity index (χ2n) is 4.39. The van der Waals surface area contributed by atoms with Gasteiger partial charge in [0.1, 0.15) is 5.56 Å². The average molecular weight is 332 g/mol. The maximum atomic E-state index is 11.2. The quantitative estimate of drug-likeness (QED) is 0.783. The highest BCUT2D eigenvalue weighted by atomic mass is 79.9. The number of rotatable bonds is 2. The van der Waals surface area contributed by atoms with Gasteiger partial charge in [0.2, 0.25) is 0 Å². The zero-order valence-corrected chi connectivity index (χ0v) is 12.1. The molecule has 0 fully saturated rings. The van der Waals surface area contributed by atoms with E-state index in [1.807, 2.05) is 37.3 Å². The zero-order chi connectivity index (χ0) is 14.3. The predicted molar refractivity (Wildman–Crippen MR) is 77.8 cm³/mol. The van der Waals surface area contributed by atoms with E-state index in [1.165, 1.54) is 6.20 Å². The van der Waals surface area contributed by atoms with Crippen LogP contribution in [-0.4, -0.2) is 25.7 Å². The number of fused-ring (bicyclic) bond motifs is 1. The third-order valence-electron chi connectivity index (χ3n) is 2.97. The Morgan fingerprint density at radius 1 is 1.30 bits per heavy atom. The Hall–Kier alpha value is -2.21. The summed E-state index contributed by atoms with van der Waals surface area (Å²) in [5, 5.41) is 13.3. The Kier molecular flexibility index (Phi) is 3.02. The van der Waals surface area contributed by atoms with Crippen LogP contribution in [0, 0.1) is 6.92 Å². The molecule has 0 atom stereocenters. The molecule has 2 aromatic heterocycles. The summed E-state index contributed by atoms with van der Waals surface area (Å²) in [6.45, 7) is 1.83. The van der Waals surface area contributed by atoms with E-state index in [0.717, 1.165) is 21.4 Å². The molecular weight excluding hydrogens is 322 g/mol. The van der Waals surface area contributed by atoms with Gasteiger partial charge in [0, 0.05) is 15.7 Å². The number of carbonyl (C=O) groups is 1. The standard InChI is InChI=1S/C14H10BrN3O2/c1-8-6-12(9-2-4-10(15)5-3-9)18-13(17-8)11(7-16-18)14(19)20/h2-7H,1H3,(H,19,20). The van der Waals surface area contributed by atoms with Gasteiger partial charge in [-0.3, -0.25) is 0 Å². The molecule has 0 bridgehead atoms. The highest BCUT2D eigenvalue weighted by Gasteiger charge is 2.16. The molecule has 1 aromatic carbocycles. The Morgan fingerprint density at radius 2 is 2.00 bits per heavy atom. The van der Waals surface area contributed by atoms with Crippen LogP contribution in [0.3, 0.4) is 0 Å². The Balaban J connectivity index is 2.30. The molecule has 3 rings (SSSR count). The second-order valence-corrected chi connectivity index (χ2v) is 5.30. The molecule has 0 saturated carbocycles. The van der Waals surface area contributed by atoms with Crippen LogP contribution in [-0.2, 0) is 0 Å². The van der Waals surface area contributed by atoms with Crippen molar-refractivity contribution >= 4 is 27.5 Å². The first kappa shape index (κ1) is 12.8. The molecule has 20 heavy (non-hydrogen) atoms. The molecule has 0 amide bonds. The van der Waals surface area contributed by atoms with Crippen molar-refractivity contribution in [3.05, 3.63) is 52.3 Å². The lowest BCUT2D eigenvalue weighted by molar-refractivity contribution is 0.0699. The fourth-order valence-corrected chi connectivity index (χ4v) is 2.33. The van der Waals surface area contributed by atoms with E-state index in [0.29, 0.717) is 5.65 Å². The van der Waals surface area contributed by atoms with Crippen LogP contribution >= 0.6 is 15.9 Å². The molecule has 5 nitrogen and oxygen atoms in total. The SMILES string of the molecule is Cc1cc(-c2ccc(Br)cc2)n2ncc(C(=O)O)c2n1. The molecule has 0 aliphatic heterocycles. The highest BCUT2D eigenvalue weighted by molar-refractivity contribution is 9.10. The molecule has 0 aliphatic rings. The minimum Gasteiger partial charge on any atom is -0.477 e. The molecule has 6 heteroatoms. The number of halogens is 1. The van der Waals surface area contributed by atoms with E-state index in [9.17, 15) is 4.79 Å². The number of benzene rings is 1. The van der Waals surface area contributed by atoms with Crippen LogP contribution in [0.25, 0.3) is 16.9 Å². The molecule has 3 aromatic rings. The van der Waals surface area contributed by atoms with Crippen molar-refractivity contribution in [1.82, 2.24) is 14.6 Å². The van der Waals surface area contributed by atoms with Crippen LogP contribution in [0.15, 0.2) is 41.0 Å².